The third kappa shape index (κ3) is 7.26. The summed E-state index contributed by atoms with van der Waals surface area (Å²) in [5, 5.41) is 15.4. The van der Waals surface area contributed by atoms with Gasteiger partial charge in [0.1, 0.15) is 11.9 Å². The quantitative estimate of drug-likeness (QED) is 0.292. The van der Waals surface area contributed by atoms with Gasteiger partial charge >= 0.3 is 5.97 Å². The van der Waals surface area contributed by atoms with Crippen LogP contribution in [0.3, 0.4) is 0 Å². The maximum atomic E-state index is 14.1. The molecule has 7 heteroatoms. The summed E-state index contributed by atoms with van der Waals surface area (Å²) in [4.78, 5) is 25.9. The van der Waals surface area contributed by atoms with Gasteiger partial charge in [-0.25, -0.2) is 9.18 Å². The highest BCUT2D eigenvalue weighted by Crippen LogP contribution is 2.36. The molecule has 0 aliphatic heterocycles. The lowest BCUT2D eigenvalue weighted by Crippen LogP contribution is -2.40. The summed E-state index contributed by atoms with van der Waals surface area (Å²) in [5.41, 5.74) is 3.89. The lowest BCUT2D eigenvalue weighted by Gasteiger charge is -2.18. The van der Waals surface area contributed by atoms with Crippen LogP contribution in [0.4, 0.5) is 4.39 Å². The monoisotopic (exact) mass is 494 g/mol. The number of benzene rings is 2. The Kier molecular flexibility index (Phi) is 9.20. The maximum absolute atomic E-state index is 14.1. The summed E-state index contributed by atoms with van der Waals surface area (Å²) < 4.78 is 14.1. The Balaban J connectivity index is 1.79. The molecular formula is C28H31FN2O3S. The third-order valence-electron chi connectivity index (χ3n) is 5.80. The SMILES string of the molecule is C/C=C(\C)NCCCC(NC(=O)c1ccc(C(c2cccc(C)c2)c2cccc(F)c2)s1)C(=O)O. The summed E-state index contributed by atoms with van der Waals surface area (Å²) in [6.07, 6.45) is 2.87. The minimum absolute atomic E-state index is 0.242. The van der Waals surface area contributed by atoms with E-state index in [4.69, 9.17) is 0 Å². The number of hydrogen-bond acceptors (Lipinski definition) is 4. The van der Waals surface area contributed by atoms with E-state index in [0.29, 0.717) is 24.3 Å². The normalized spacial score (nSPS) is 13.2. The Hall–Kier alpha value is -3.45. The predicted octanol–water partition coefficient (Wildman–Crippen LogP) is 5.85. The van der Waals surface area contributed by atoms with Gasteiger partial charge in [0.25, 0.3) is 5.91 Å². The molecule has 0 aliphatic carbocycles. The van der Waals surface area contributed by atoms with Gasteiger partial charge in [0.2, 0.25) is 0 Å². The smallest absolute Gasteiger partial charge is 0.326 e. The fourth-order valence-electron chi connectivity index (χ4n) is 3.87. The van der Waals surface area contributed by atoms with E-state index in [1.807, 2.05) is 57.2 Å². The number of carbonyl (C=O) groups excluding carboxylic acids is 1. The molecule has 0 bridgehead atoms. The topological polar surface area (TPSA) is 78.4 Å². The first-order valence-corrected chi connectivity index (χ1v) is 12.4. The Morgan fingerprint density at radius 3 is 2.46 bits per heavy atom. The molecule has 35 heavy (non-hydrogen) atoms. The molecular weight excluding hydrogens is 463 g/mol. The number of thiophene rings is 1. The van der Waals surface area contributed by atoms with Crippen molar-refractivity contribution in [3.63, 3.8) is 0 Å². The van der Waals surface area contributed by atoms with Crippen LogP contribution in [-0.2, 0) is 4.79 Å². The zero-order valence-electron chi connectivity index (χ0n) is 20.2. The molecule has 3 rings (SSSR count). The summed E-state index contributed by atoms with van der Waals surface area (Å²) >= 11 is 1.29. The molecule has 3 N–H and O–H groups in total. The number of halogens is 1. The minimum Gasteiger partial charge on any atom is -0.480 e. The van der Waals surface area contributed by atoms with Crippen LogP contribution in [0.15, 0.2) is 72.4 Å². The van der Waals surface area contributed by atoms with Crippen LogP contribution in [0.25, 0.3) is 0 Å². The van der Waals surface area contributed by atoms with Gasteiger partial charge in [-0.2, -0.15) is 0 Å². The zero-order valence-corrected chi connectivity index (χ0v) is 21.0. The largest absolute Gasteiger partial charge is 0.480 e. The van der Waals surface area contributed by atoms with E-state index in [1.165, 1.54) is 23.5 Å². The molecule has 5 nitrogen and oxygen atoms in total. The van der Waals surface area contributed by atoms with Crippen molar-refractivity contribution in [1.29, 1.82) is 0 Å². The average molecular weight is 495 g/mol. The fraction of sp³-hybridized carbons (Fsp3) is 0.286. The second kappa shape index (κ2) is 12.3. The van der Waals surface area contributed by atoms with Gasteiger partial charge in [-0.3, -0.25) is 4.79 Å². The van der Waals surface area contributed by atoms with Gasteiger partial charge in [0.15, 0.2) is 0 Å². The van der Waals surface area contributed by atoms with Gasteiger partial charge in [0.05, 0.1) is 4.88 Å². The summed E-state index contributed by atoms with van der Waals surface area (Å²) in [7, 11) is 0. The van der Waals surface area contributed by atoms with Crippen LogP contribution in [0, 0.1) is 12.7 Å². The number of nitrogens with one attached hydrogen (secondary N) is 2. The number of aryl methyl sites for hydroxylation is 1. The number of aliphatic carboxylic acids is 1. The van der Waals surface area contributed by atoms with Crippen molar-refractivity contribution in [2.24, 2.45) is 0 Å². The third-order valence-corrected chi connectivity index (χ3v) is 6.95. The molecule has 0 saturated carbocycles. The average Bonchev–Trinajstić information content (AvgIpc) is 3.30. The van der Waals surface area contributed by atoms with E-state index in [-0.39, 0.29) is 11.7 Å². The predicted molar refractivity (Wildman–Crippen MR) is 138 cm³/mol. The number of amides is 1. The number of carboxylic acids is 1. The van der Waals surface area contributed by atoms with Crippen LogP contribution in [0.5, 0.6) is 0 Å². The van der Waals surface area contributed by atoms with Crippen LogP contribution in [-0.4, -0.2) is 29.6 Å². The number of rotatable bonds is 11. The first-order chi connectivity index (χ1) is 16.8. The number of carboxylic acid groups (broad SMARTS) is 1. The lowest BCUT2D eigenvalue weighted by molar-refractivity contribution is -0.139. The van der Waals surface area contributed by atoms with Gasteiger partial charge in [-0.1, -0.05) is 48.0 Å². The summed E-state index contributed by atoms with van der Waals surface area (Å²) in [5.74, 6) is -2.05. The maximum Gasteiger partial charge on any atom is 0.326 e. The Labute approximate surface area is 209 Å². The van der Waals surface area contributed by atoms with Crippen molar-refractivity contribution >= 4 is 23.2 Å². The van der Waals surface area contributed by atoms with Crippen molar-refractivity contribution in [2.45, 2.75) is 45.6 Å². The summed E-state index contributed by atoms with van der Waals surface area (Å²) in [6, 6.07) is 17.1. The minimum atomic E-state index is -1.06. The van der Waals surface area contributed by atoms with Crippen molar-refractivity contribution < 1.29 is 19.1 Å². The Morgan fingerprint density at radius 2 is 1.80 bits per heavy atom. The van der Waals surface area contributed by atoms with E-state index < -0.39 is 17.9 Å². The number of carbonyl (C=O) groups is 2. The first-order valence-electron chi connectivity index (χ1n) is 11.6. The molecule has 0 aliphatic rings. The first kappa shape index (κ1) is 26.2. The van der Waals surface area contributed by atoms with E-state index in [9.17, 15) is 19.1 Å². The lowest BCUT2D eigenvalue weighted by atomic mass is 9.89. The van der Waals surface area contributed by atoms with Gasteiger partial charge in [0, 0.05) is 23.0 Å². The fourth-order valence-corrected chi connectivity index (χ4v) is 4.94. The number of hydrogen-bond donors (Lipinski definition) is 3. The van der Waals surface area contributed by atoms with Crippen molar-refractivity contribution in [1.82, 2.24) is 10.6 Å². The van der Waals surface area contributed by atoms with Gasteiger partial charge in [-0.15, -0.1) is 11.3 Å². The molecule has 0 fully saturated rings. The Bertz CT molecular complexity index is 1160. The second-order valence-electron chi connectivity index (χ2n) is 8.51. The van der Waals surface area contributed by atoms with Crippen molar-refractivity contribution in [3.8, 4) is 0 Å². The standard InChI is InChI=1S/C28H31FN2O3S/c1-4-19(3)30-15-7-12-23(28(33)34)31-27(32)25-14-13-24(35-25)26(20-9-5-8-18(2)16-20)21-10-6-11-22(29)17-21/h4-6,8-11,13-14,16-17,23,26,30H,7,12,15H2,1-3H3,(H,31,32)(H,33,34)/b19-4+. The van der Waals surface area contributed by atoms with Crippen LogP contribution < -0.4 is 10.6 Å². The van der Waals surface area contributed by atoms with Crippen LogP contribution in [0.1, 0.15) is 63.8 Å². The number of allylic oxidation sites excluding steroid dienone is 2. The van der Waals surface area contributed by atoms with Crippen molar-refractivity contribution in [3.05, 3.63) is 105 Å². The highest BCUT2D eigenvalue weighted by molar-refractivity contribution is 7.14. The molecule has 2 atom stereocenters. The molecule has 0 radical (unpaired) electrons. The Morgan fingerprint density at radius 1 is 1.09 bits per heavy atom. The van der Waals surface area contributed by atoms with Crippen molar-refractivity contribution in [2.75, 3.05) is 6.54 Å². The highest BCUT2D eigenvalue weighted by atomic mass is 32.1. The van der Waals surface area contributed by atoms with Gasteiger partial charge < -0.3 is 15.7 Å². The molecule has 1 heterocycles. The molecule has 1 aromatic heterocycles. The zero-order chi connectivity index (χ0) is 25.4. The molecule has 2 unspecified atom stereocenters. The molecule has 2 aromatic carbocycles. The molecule has 3 aromatic rings. The molecule has 184 valence electrons. The second-order valence-corrected chi connectivity index (χ2v) is 9.62. The molecule has 1 amide bonds. The summed E-state index contributed by atoms with van der Waals surface area (Å²) in [6.45, 7) is 6.50. The van der Waals surface area contributed by atoms with E-state index >= 15 is 0 Å². The van der Waals surface area contributed by atoms with Crippen LogP contribution >= 0.6 is 11.3 Å². The van der Waals surface area contributed by atoms with E-state index in [2.05, 4.69) is 16.7 Å². The molecule has 0 saturated heterocycles. The van der Waals surface area contributed by atoms with Crippen LogP contribution in [0.2, 0.25) is 0 Å². The molecule has 0 spiro atoms. The highest BCUT2D eigenvalue weighted by Gasteiger charge is 2.24. The van der Waals surface area contributed by atoms with E-state index in [1.54, 1.807) is 12.1 Å². The van der Waals surface area contributed by atoms with E-state index in [0.717, 1.165) is 27.3 Å². The van der Waals surface area contributed by atoms with Gasteiger partial charge in [-0.05, 0) is 69.0 Å².